The van der Waals surface area contributed by atoms with Crippen molar-refractivity contribution in [3.8, 4) is 17.2 Å². The SMILES string of the molecule is CC/C=C(\Cc1ccc(OC)c(Oc2ccc([N+](=O)[O-])cc2CBr)c1)OC. The van der Waals surface area contributed by atoms with Crippen molar-refractivity contribution in [1.29, 1.82) is 0 Å². The molecule has 27 heavy (non-hydrogen) atoms. The van der Waals surface area contributed by atoms with Gasteiger partial charge in [0.25, 0.3) is 5.69 Å². The van der Waals surface area contributed by atoms with Crippen molar-refractivity contribution < 1.29 is 19.1 Å². The quantitative estimate of drug-likeness (QED) is 0.216. The Hall–Kier alpha value is -2.54. The number of allylic oxidation sites excluding steroid dienone is 2. The average molecular weight is 436 g/mol. The van der Waals surface area contributed by atoms with Crippen LogP contribution in [-0.2, 0) is 16.5 Å². The van der Waals surface area contributed by atoms with Gasteiger partial charge in [0.15, 0.2) is 11.5 Å². The number of non-ortho nitro benzene ring substituents is 1. The summed E-state index contributed by atoms with van der Waals surface area (Å²) in [6, 6.07) is 10.2. The highest BCUT2D eigenvalue weighted by Gasteiger charge is 2.14. The normalized spacial score (nSPS) is 11.2. The van der Waals surface area contributed by atoms with E-state index in [4.69, 9.17) is 14.2 Å². The minimum atomic E-state index is -0.427. The maximum absolute atomic E-state index is 11.0. The summed E-state index contributed by atoms with van der Waals surface area (Å²) in [5, 5.41) is 11.4. The summed E-state index contributed by atoms with van der Waals surface area (Å²) in [5.41, 5.74) is 1.71. The predicted molar refractivity (Wildman–Crippen MR) is 108 cm³/mol. The van der Waals surface area contributed by atoms with E-state index in [0.29, 0.717) is 34.6 Å². The number of hydrogen-bond acceptors (Lipinski definition) is 5. The van der Waals surface area contributed by atoms with Gasteiger partial charge in [-0.2, -0.15) is 0 Å². The van der Waals surface area contributed by atoms with Crippen LogP contribution in [0.3, 0.4) is 0 Å². The Kier molecular flexibility index (Phi) is 7.67. The smallest absolute Gasteiger partial charge is 0.270 e. The van der Waals surface area contributed by atoms with Crippen molar-refractivity contribution in [2.24, 2.45) is 0 Å². The molecular formula is C20H22BrNO5. The molecule has 0 saturated carbocycles. The first-order valence-electron chi connectivity index (χ1n) is 8.43. The van der Waals surface area contributed by atoms with E-state index in [1.54, 1.807) is 20.3 Å². The van der Waals surface area contributed by atoms with Gasteiger partial charge in [-0.15, -0.1) is 0 Å². The molecule has 0 N–H and O–H groups in total. The van der Waals surface area contributed by atoms with Gasteiger partial charge in [-0.05, 0) is 36.3 Å². The summed E-state index contributed by atoms with van der Waals surface area (Å²) >= 11 is 3.36. The Bertz CT molecular complexity index is 835. The van der Waals surface area contributed by atoms with Gasteiger partial charge in [0, 0.05) is 29.4 Å². The molecule has 0 bridgehead atoms. The lowest BCUT2D eigenvalue weighted by Gasteiger charge is -2.14. The molecule has 0 radical (unpaired) electrons. The van der Waals surface area contributed by atoms with Crippen LogP contribution in [-0.4, -0.2) is 19.1 Å². The molecule has 0 fully saturated rings. The molecule has 0 aromatic heterocycles. The Morgan fingerprint density at radius 1 is 1.15 bits per heavy atom. The highest BCUT2D eigenvalue weighted by Crippen LogP contribution is 2.36. The third kappa shape index (κ3) is 5.47. The minimum Gasteiger partial charge on any atom is -0.501 e. The second-order valence-corrected chi connectivity index (χ2v) is 6.29. The number of nitrogens with zero attached hydrogens (tertiary/aromatic N) is 1. The molecule has 2 aromatic carbocycles. The maximum atomic E-state index is 11.0. The number of nitro groups is 1. The molecular weight excluding hydrogens is 414 g/mol. The van der Waals surface area contributed by atoms with E-state index in [2.05, 4.69) is 22.9 Å². The predicted octanol–water partition coefficient (Wildman–Crippen LogP) is 5.77. The summed E-state index contributed by atoms with van der Waals surface area (Å²) in [5.74, 6) is 2.53. The van der Waals surface area contributed by atoms with Crippen LogP contribution in [0.2, 0.25) is 0 Å². The molecule has 0 aliphatic heterocycles. The molecule has 0 spiro atoms. The third-order valence-electron chi connectivity index (χ3n) is 3.92. The Morgan fingerprint density at radius 2 is 1.89 bits per heavy atom. The van der Waals surface area contributed by atoms with Crippen LogP contribution in [0.5, 0.6) is 17.2 Å². The molecule has 0 aliphatic carbocycles. The molecule has 0 unspecified atom stereocenters. The van der Waals surface area contributed by atoms with Gasteiger partial charge in [0.2, 0.25) is 0 Å². The minimum absolute atomic E-state index is 0.0203. The van der Waals surface area contributed by atoms with Gasteiger partial charge in [-0.25, -0.2) is 0 Å². The lowest BCUT2D eigenvalue weighted by Crippen LogP contribution is -1.98. The molecule has 7 heteroatoms. The Labute approximate surface area is 167 Å². The van der Waals surface area contributed by atoms with Gasteiger partial charge in [-0.3, -0.25) is 10.1 Å². The average Bonchev–Trinajstić information content (AvgIpc) is 2.68. The van der Waals surface area contributed by atoms with E-state index in [1.807, 2.05) is 24.3 Å². The lowest BCUT2D eigenvalue weighted by atomic mass is 10.1. The van der Waals surface area contributed by atoms with Gasteiger partial charge >= 0.3 is 0 Å². The van der Waals surface area contributed by atoms with Crippen molar-refractivity contribution >= 4 is 21.6 Å². The van der Waals surface area contributed by atoms with Crippen LogP contribution in [0.15, 0.2) is 48.2 Å². The molecule has 0 heterocycles. The summed E-state index contributed by atoms with van der Waals surface area (Å²) < 4.78 is 16.8. The van der Waals surface area contributed by atoms with E-state index in [9.17, 15) is 10.1 Å². The van der Waals surface area contributed by atoms with E-state index in [0.717, 1.165) is 17.7 Å². The van der Waals surface area contributed by atoms with Crippen LogP contribution in [0.25, 0.3) is 0 Å². The lowest BCUT2D eigenvalue weighted by molar-refractivity contribution is -0.384. The van der Waals surface area contributed by atoms with Crippen LogP contribution in [0, 0.1) is 10.1 Å². The highest BCUT2D eigenvalue weighted by molar-refractivity contribution is 9.08. The van der Waals surface area contributed by atoms with E-state index < -0.39 is 4.92 Å². The largest absolute Gasteiger partial charge is 0.501 e. The molecule has 6 nitrogen and oxygen atoms in total. The Balaban J connectivity index is 2.36. The number of rotatable bonds is 9. The second-order valence-electron chi connectivity index (χ2n) is 5.73. The maximum Gasteiger partial charge on any atom is 0.270 e. The number of alkyl halides is 1. The van der Waals surface area contributed by atoms with Gasteiger partial charge in [0.1, 0.15) is 5.75 Å². The first-order valence-corrected chi connectivity index (χ1v) is 9.55. The third-order valence-corrected chi connectivity index (χ3v) is 4.52. The van der Waals surface area contributed by atoms with Crippen molar-refractivity contribution in [2.45, 2.75) is 25.1 Å². The van der Waals surface area contributed by atoms with Crippen LogP contribution >= 0.6 is 15.9 Å². The zero-order chi connectivity index (χ0) is 19.8. The summed E-state index contributed by atoms with van der Waals surface area (Å²) in [6.07, 6.45) is 3.56. The highest BCUT2D eigenvalue weighted by atomic mass is 79.9. The van der Waals surface area contributed by atoms with Gasteiger partial charge < -0.3 is 14.2 Å². The number of ether oxygens (including phenoxy) is 3. The molecule has 2 rings (SSSR count). The van der Waals surface area contributed by atoms with Crippen molar-refractivity contribution in [2.75, 3.05) is 14.2 Å². The first-order chi connectivity index (χ1) is 13.0. The first kappa shape index (κ1) is 20.8. The zero-order valence-electron chi connectivity index (χ0n) is 15.5. The topological polar surface area (TPSA) is 70.8 Å². The number of nitro benzene ring substituents is 1. The van der Waals surface area contributed by atoms with E-state index >= 15 is 0 Å². The number of halogens is 1. The van der Waals surface area contributed by atoms with Gasteiger partial charge in [0.05, 0.1) is 24.9 Å². The second kappa shape index (κ2) is 9.97. The molecule has 144 valence electrons. The van der Waals surface area contributed by atoms with E-state index in [-0.39, 0.29) is 5.69 Å². The molecule has 0 aliphatic rings. The Morgan fingerprint density at radius 3 is 2.48 bits per heavy atom. The number of hydrogen-bond donors (Lipinski definition) is 0. The van der Waals surface area contributed by atoms with Gasteiger partial charge in [-0.1, -0.05) is 28.9 Å². The van der Waals surface area contributed by atoms with Crippen molar-refractivity contribution in [3.63, 3.8) is 0 Å². The monoisotopic (exact) mass is 435 g/mol. The number of benzene rings is 2. The molecule has 2 aromatic rings. The summed E-state index contributed by atoms with van der Waals surface area (Å²) in [6.45, 7) is 2.05. The number of methoxy groups -OCH3 is 2. The van der Waals surface area contributed by atoms with Crippen LogP contribution in [0.1, 0.15) is 24.5 Å². The fourth-order valence-corrected chi connectivity index (χ4v) is 3.01. The zero-order valence-corrected chi connectivity index (χ0v) is 17.1. The molecule has 0 amide bonds. The van der Waals surface area contributed by atoms with Crippen LogP contribution in [0.4, 0.5) is 5.69 Å². The molecule has 0 saturated heterocycles. The fraction of sp³-hybridized carbons (Fsp3) is 0.300. The van der Waals surface area contributed by atoms with Crippen molar-refractivity contribution in [1.82, 2.24) is 0 Å². The van der Waals surface area contributed by atoms with Crippen LogP contribution < -0.4 is 9.47 Å². The fourth-order valence-electron chi connectivity index (χ4n) is 2.57. The van der Waals surface area contributed by atoms with E-state index in [1.165, 1.54) is 12.1 Å². The standard InChI is InChI=1S/C20H22BrNO5/c1-4-5-17(25-2)10-14-6-8-19(26-3)20(11-14)27-18-9-7-16(22(23)24)12-15(18)13-21/h5-9,11-12H,4,10,13H2,1-3H3/b17-5+. The molecule has 0 atom stereocenters. The summed E-state index contributed by atoms with van der Waals surface area (Å²) in [7, 11) is 3.22. The summed E-state index contributed by atoms with van der Waals surface area (Å²) in [4.78, 5) is 10.6. The van der Waals surface area contributed by atoms with Crippen molar-refractivity contribution in [3.05, 3.63) is 69.5 Å².